The van der Waals surface area contributed by atoms with Crippen molar-refractivity contribution in [3.05, 3.63) is 0 Å². The van der Waals surface area contributed by atoms with Crippen molar-refractivity contribution in [2.75, 3.05) is 7.05 Å². The van der Waals surface area contributed by atoms with E-state index < -0.39 is 41.5 Å². The molecule has 0 rings (SSSR count). The molecule has 3 unspecified atom stereocenters. The predicted molar refractivity (Wildman–Crippen MR) is 80.1 cm³/mol. The van der Waals surface area contributed by atoms with E-state index >= 15 is 0 Å². The first-order valence-corrected chi connectivity index (χ1v) is 7.28. The van der Waals surface area contributed by atoms with E-state index in [-0.39, 0.29) is 12.3 Å². The van der Waals surface area contributed by atoms with Gasteiger partial charge in [-0.3, -0.25) is 19.6 Å². The lowest BCUT2D eigenvalue weighted by Crippen LogP contribution is -2.58. The number of aliphatic hydroxyl groups is 1. The Hall–Kier alpha value is -1.74. The molecule has 0 spiro atoms. The molecule has 5 N–H and O–H groups in total. The number of likely N-dealkylation sites (N-methyl/N-ethyl adjacent to an activating group) is 1. The van der Waals surface area contributed by atoms with Crippen LogP contribution < -0.4 is 16.1 Å². The van der Waals surface area contributed by atoms with E-state index in [4.69, 9.17) is 5.21 Å². The van der Waals surface area contributed by atoms with Gasteiger partial charge in [-0.1, -0.05) is 13.8 Å². The smallest absolute Gasteiger partial charge is 0.272 e. The van der Waals surface area contributed by atoms with Gasteiger partial charge in [0.25, 0.3) is 5.91 Å². The van der Waals surface area contributed by atoms with Gasteiger partial charge < -0.3 is 15.7 Å². The van der Waals surface area contributed by atoms with Gasteiger partial charge in [0.2, 0.25) is 11.8 Å². The van der Waals surface area contributed by atoms with Gasteiger partial charge in [-0.25, -0.2) is 9.87 Å². The van der Waals surface area contributed by atoms with Crippen molar-refractivity contribution in [1.29, 1.82) is 0 Å². The molecule has 23 heavy (non-hydrogen) atoms. The topological polar surface area (TPSA) is 128 Å². The zero-order valence-corrected chi connectivity index (χ0v) is 14.0. The first-order chi connectivity index (χ1) is 10.4. The minimum atomic E-state index is -2.05. The molecule has 0 aromatic heterocycles. The highest BCUT2D eigenvalue weighted by Gasteiger charge is 2.40. The summed E-state index contributed by atoms with van der Waals surface area (Å²) in [5, 5.41) is 22.9. The van der Waals surface area contributed by atoms with E-state index in [0.29, 0.717) is 0 Å². The summed E-state index contributed by atoms with van der Waals surface area (Å²) < 4.78 is 14.1. The summed E-state index contributed by atoms with van der Waals surface area (Å²) in [5.74, 6) is -4.05. The lowest BCUT2D eigenvalue weighted by atomic mass is 9.89. The second-order valence-corrected chi connectivity index (χ2v) is 6.28. The van der Waals surface area contributed by atoms with Crippen molar-refractivity contribution in [3.8, 4) is 0 Å². The molecule has 0 aromatic carbocycles. The number of halogens is 1. The van der Waals surface area contributed by atoms with Crippen LogP contribution in [0.5, 0.6) is 0 Å². The Kier molecular flexibility index (Phi) is 8.11. The van der Waals surface area contributed by atoms with Crippen LogP contribution in [0, 0.1) is 11.8 Å². The van der Waals surface area contributed by atoms with Gasteiger partial charge in [0.15, 0.2) is 0 Å². The number of hydrogen-bond donors (Lipinski definition) is 5. The maximum Gasteiger partial charge on any atom is 0.272 e. The Morgan fingerprint density at radius 1 is 1.13 bits per heavy atom. The number of amides is 3. The quantitative estimate of drug-likeness (QED) is 0.302. The Balaban J connectivity index is 5.35. The first-order valence-electron chi connectivity index (χ1n) is 7.28. The molecule has 134 valence electrons. The van der Waals surface area contributed by atoms with Crippen molar-refractivity contribution < 1.29 is 29.1 Å². The van der Waals surface area contributed by atoms with Gasteiger partial charge in [-0.05, 0) is 26.2 Å². The number of nitrogens with one attached hydrogen (secondary N) is 3. The number of hydrogen-bond acceptors (Lipinski definition) is 5. The van der Waals surface area contributed by atoms with Crippen LogP contribution in [0.1, 0.15) is 34.1 Å². The third-order valence-corrected chi connectivity index (χ3v) is 3.30. The molecule has 0 fully saturated rings. The molecule has 0 aliphatic heterocycles. The number of carbonyl (C=O) groups excluding carboxylic acids is 3. The third kappa shape index (κ3) is 6.49. The van der Waals surface area contributed by atoms with Crippen molar-refractivity contribution in [1.82, 2.24) is 16.1 Å². The van der Waals surface area contributed by atoms with Crippen LogP contribution >= 0.6 is 0 Å². The summed E-state index contributed by atoms with van der Waals surface area (Å²) in [7, 11) is 1.30. The fourth-order valence-corrected chi connectivity index (χ4v) is 2.08. The monoisotopic (exact) mass is 335 g/mol. The molecule has 0 aliphatic carbocycles. The van der Waals surface area contributed by atoms with Gasteiger partial charge in [-0.15, -0.1) is 0 Å². The molecule has 3 amide bonds. The minimum Gasteiger partial charge on any atom is -0.382 e. The molecule has 3 atom stereocenters. The molecule has 0 bridgehead atoms. The van der Waals surface area contributed by atoms with E-state index in [1.807, 2.05) is 0 Å². The second kappa shape index (κ2) is 8.78. The summed E-state index contributed by atoms with van der Waals surface area (Å²) in [6, 6.07) is -1.49. The molecule has 0 heterocycles. The van der Waals surface area contributed by atoms with Crippen molar-refractivity contribution >= 4 is 17.7 Å². The fraction of sp³-hybridized carbons (Fsp3) is 0.786. The van der Waals surface area contributed by atoms with Crippen LogP contribution in [0.3, 0.4) is 0 Å². The van der Waals surface area contributed by atoms with Crippen molar-refractivity contribution in [2.24, 2.45) is 11.8 Å². The molecule has 8 nitrogen and oxygen atoms in total. The van der Waals surface area contributed by atoms with Crippen LogP contribution in [-0.4, -0.2) is 52.9 Å². The highest BCUT2D eigenvalue weighted by atomic mass is 19.1. The van der Waals surface area contributed by atoms with Crippen molar-refractivity contribution in [3.63, 3.8) is 0 Å². The van der Waals surface area contributed by atoms with Crippen LogP contribution in [-0.2, 0) is 14.4 Å². The summed E-state index contributed by atoms with van der Waals surface area (Å²) in [6.45, 7) is 5.78. The Morgan fingerprint density at radius 2 is 1.65 bits per heavy atom. The highest BCUT2D eigenvalue weighted by Crippen LogP contribution is 2.20. The van der Waals surface area contributed by atoms with Crippen LogP contribution in [0.2, 0.25) is 0 Å². The van der Waals surface area contributed by atoms with Gasteiger partial charge in [0.05, 0.1) is 5.92 Å². The molecule has 9 heteroatoms. The SMILES string of the molecule is CNC(=O)C(NC(=O)C(CC(C)C)C(O)C(=O)NO)C(C)(C)F. The van der Waals surface area contributed by atoms with Crippen molar-refractivity contribution in [2.45, 2.75) is 51.9 Å². The van der Waals surface area contributed by atoms with Crippen LogP contribution in [0.25, 0.3) is 0 Å². The highest BCUT2D eigenvalue weighted by molar-refractivity contribution is 5.92. The van der Waals surface area contributed by atoms with Gasteiger partial charge in [0, 0.05) is 7.05 Å². The Labute approximate surface area is 134 Å². The van der Waals surface area contributed by atoms with E-state index in [1.54, 1.807) is 13.8 Å². The molecule has 0 saturated carbocycles. The number of hydroxylamine groups is 1. The van der Waals surface area contributed by atoms with Crippen LogP contribution in [0.15, 0.2) is 0 Å². The Morgan fingerprint density at radius 3 is 2.00 bits per heavy atom. The molecule has 0 saturated heterocycles. The first kappa shape index (κ1) is 21.3. The lowest BCUT2D eigenvalue weighted by molar-refractivity contribution is -0.147. The van der Waals surface area contributed by atoms with E-state index in [1.165, 1.54) is 12.5 Å². The average Bonchev–Trinajstić information content (AvgIpc) is 2.46. The molecule has 0 aromatic rings. The van der Waals surface area contributed by atoms with E-state index in [0.717, 1.165) is 13.8 Å². The summed E-state index contributed by atoms with van der Waals surface area (Å²) in [6.07, 6.45) is -1.72. The molecule has 0 aliphatic rings. The largest absolute Gasteiger partial charge is 0.382 e. The lowest BCUT2D eigenvalue weighted by Gasteiger charge is -2.29. The number of alkyl halides is 1. The number of carbonyl (C=O) groups is 3. The molecular weight excluding hydrogens is 309 g/mol. The summed E-state index contributed by atoms with van der Waals surface area (Å²) in [5.41, 5.74) is -0.785. The third-order valence-electron chi connectivity index (χ3n) is 3.30. The maximum atomic E-state index is 14.1. The maximum absolute atomic E-state index is 14.1. The van der Waals surface area contributed by atoms with Gasteiger partial charge >= 0.3 is 0 Å². The second-order valence-electron chi connectivity index (χ2n) is 6.28. The number of rotatable bonds is 8. The van der Waals surface area contributed by atoms with Crippen LogP contribution in [0.4, 0.5) is 4.39 Å². The Bertz CT molecular complexity index is 437. The van der Waals surface area contributed by atoms with E-state index in [2.05, 4.69) is 10.6 Å². The standard InChI is InChI=1S/C14H26FN3O5/c1-7(2)6-8(9(19)12(21)18-23)11(20)17-10(13(22)16-5)14(3,4)15/h7-10,19,23H,6H2,1-5H3,(H,16,22)(H,17,20)(H,18,21). The normalized spacial score (nSPS) is 15.5. The van der Waals surface area contributed by atoms with Gasteiger partial charge in [0.1, 0.15) is 17.8 Å². The summed E-state index contributed by atoms with van der Waals surface area (Å²) in [4.78, 5) is 35.5. The predicted octanol–water partition coefficient (Wildman–Crippen LogP) is -0.506. The summed E-state index contributed by atoms with van der Waals surface area (Å²) >= 11 is 0. The fourth-order valence-electron chi connectivity index (χ4n) is 2.08. The molecular formula is C14H26FN3O5. The zero-order chi connectivity index (χ0) is 18.4. The zero-order valence-electron chi connectivity index (χ0n) is 14.0. The molecule has 0 radical (unpaired) electrons. The van der Waals surface area contributed by atoms with E-state index in [9.17, 15) is 23.9 Å². The average molecular weight is 335 g/mol. The van der Waals surface area contributed by atoms with Gasteiger partial charge in [-0.2, -0.15) is 0 Å². The number of aliphatic hydroxyl groups excluding tert-OH is 1. The minimum absolute atomic E-state index is 0.0660.